The highest BCUT2D eigenvalue weighted by Gasteiger charge is 2.32. The Morgan fingerprint density at radius 1 is 0.632 bits per heavy atom. The van der Waals surface area contributed by atoms with Crippen molar-refractivity contribution in [3.63, 3.8) is 0 Å². The zero-order valence-corrected chi connectivity index (χ0v) is 39.9. The van der Waals surface area contributed by atoms with E-state index in [1.807, 2.05) is 109 Å². The van der Waals surface area contributed by atoms with Gasteiger partial charge < -0.3 is 52.8 Å². The van der Waals surface area contributed by atoms with Crippen LogP contribution in [0.1, 0.15) is 11.1 Å². The maximum Gasteiger partial charge on any atom is 0.286 e. The van der Waals surface area contributed by atoms with Gasteiger partial charge in [0.1, 0.15) is 48.0 Å². The number of aliphatic imine (C=N–C) groups is 2. The molecular formula is C44H60N16O6S2. The fourth-order valence-corrected chi connectivity index (χ4v) is 7.39. The quantitative estimate of drug-likeness (QED) is 0.0503. The average molecular weight is 973 g/mol. The Hall–Kier alpha value is -7.28. The molecule has 2 aliphatic heterocycles. The predicted octanol–water partition coefficient (Wildman–Crippen LogP) is 1.89. The standard InChI is InChI=1S/2C18H19N3O3S.2C4H11N5/c2*1-21(16-4-2-3-9-19-16)10-11-24-14-7-5-13(6-8-14)12-15-17(22)20-18(23)25-15;2*1-8-2-3(5)9-4(6)7/h2*2-9,15H,10-12H2,1H3,(H,20,22,23);2*8H,2H2,1H3,(H5,5,6,7,9). The number of nitrogens with zero attached hydrogens (tertiary/aromatic N) is 6. The molecule has 0 radical (unpaired) electrons. The molecule has 22 nitrogen and oxygen atoms in total. The SMILES string of the molecule is CN(CCOc1ccc(CC2SC(=O)NC2=O)cc1)c1ccccn1.CN(CCOc1ccc(CC2SC(=O)NC2=O)cc1)c1ccccn1.CNCC(N)=NC(=N)N.CNCC(N)=NC(=N)N. The number of ether oxygens (including phenoxy) is 2. The molecule has 2 aromatic heterocycles. The number of carbonyl (C=O) groups is 4. The van der Waals surface area contributed by atoms with Gasteiger partial charge in [0, 0.05) is 26.5 Å². The summed E-state index contributed by atoms with van der Waals surface area (Å²) < 4.78 is 11.5. The van der Waals surface area contributed by atoms with Crippen LogP contribution in [-0.4, -0.2) is 134 Å². The number of aromatic nitrogens is 2. The number of amidine groups is 2. The maximum absolute atomic E-state index is 11.6. The second kappa shape index (κ2) is 30.1. The first-order valence-corrected chi connectivity index (χ1v) is 22.7. The molecule has 0 spiro atoms. The van der Waals surface area contributed by atoms with Crippen molar-refractivity contribution in [1.29, 1.82) is 10.8 Å². The highest BCUT2D eigenvalue weighted by Crippen LogP contribution is 2.25. The van der Waals surface area contributed by atoms with E-state index in [2.05, 4.69) is 41.2 Å². The first kappa shape index (κ1) is 55.1. The number of hydrogen-bond acceptors (Lipinski definition) is 16. The number of rotatable bonds is 18. The third-order valence-corrected chi connectivity index (χ3v) is 10.9. The van der Waals surface area contributed by atoms with Crippen molar-refractivity contribution in [3.8, 4) is 11.5 Å². The van der Waals surface area contributed by atoms with Crippen LogP contribution in [-0.2, 0) is 22.4 Å². The molecular weight excluding hydrogens is 913 g/mol. The molecule has 2 atom stereocenters. The van der Waals surface area contributed by atoms with Gasteiger partial charge in [-0.1, -0.05) is 59.9 Å². The molecule has 364 valence electrons. The van der Waals surface area contributed by atoms with Crippen LogP contribution < -0.4 is 63.5 Å². The molecule has 4 heterocycles. The van der Waals surface area contributed by atoms with Gasteiger partial charge in [0.05, 0.1) is 36.7 Å². The van der Waals surface area contributed by atoms with Gasteiger partial charge >= 0.3 is 0 Å². The van der Waals surface area contributed by atoms with E-state index >= 15 is 0 Å². The summed E-state index contributed by atoms with van der Waals surface area (Å²) >= 11 is 2.09. The van der Waals surface area contributed by atoms with Crippen LogP contribution in [0.2, 0.25) is 0 Å². The van der Waals surface area contributed by atoms with Crippen LogP contribution in [0.3, 0.4) is 0 Å². The number of anilines is 2. The monoisotopic (exact) mass is 972 g/mol. The van der Waals surface area contributed by atoms with Crippen molar-refractivity contribution in [2.75, 3.05) is 77.4 Å². The first-order chi connectivity index (χ1) is 32.6. The van der Waals surface area contributed by atoms with Gasteiger partial charge in [-0.15, -0.1) is 0 Å². The zero-order chi connectivity index (χ0) is 49.8. The number of likely N-dealkylation sites (N-methyl/N-ethyl adjacent to an activating group) is 4. The molecule has 68 heavy (non-hydrogen) atoms. The third-order valence-electron chi connectivity index (χ3n) is 8.94. The van der Waals surface area contributed by atoms with E-state index in [0.29, 0.717) is 50.8 Å². The van der Waals surface area contributed by atoms with Crippen molar-refractivity contribution >= 4 is 81.0 Å². The fourth-order valence-electron chi connectivity index (χ4n) is 5.67. The lowest BCUT2D eigenvalue weighted by Crippen LogP contribution is -2.28. The Morgan fingerprint density at radius 2 is 1.00 bits per heavy atom. The number of carbonyl (C=O) groups excluding carboxylic acids is 4. The van der Waals surface area contributed by atoms with Crippen LogP contribution in [0.5, 0.6) is 11.5 Å². The smallest absolute Gasteiger partial charge is 0.286 e. The molecule has 0 bridgehead atoms. The van der Waals surface area contributed by atoms with Crippen LogP contribution in [0.25, 0.3) is 0 Å². The Labute approximate surface area is 403 Å². The molecule has 2 aromatic carbocycles. The Bertz CT molecular complexity index is 2130. The third kappa shape index (κ3) is 21.8. The number of imide groups is 2. The van der Waals surface area contributed by atoms with Gasteiger partial charge in [-0.25, -0.2) is 9.97 Å². The number of amides is 4. The summed E-state index contributed by atoms with van der Waals surface area (Å²) in [6.45, 7) is 3.45. The van der Waals surface area contributed by atoms with Crippen molar-refractivity contribution in [2.24, 2.45) is 32.9 Å². The number of guanidine groups is 2. The van der Waals surface area contributed by atoms with E-state index in [0.717, 1.165) is 70.9 Å². The zero-order valence-electron chi connectivity index (χ0n) is 38.3. The van der Waals surface area contributed by atoms with Crippen molar-refractivity contribution in [3.05, 3.63) is 108 Å². The lowest BCUT2D eigenvalue weighted by Gasteiger charge is -2.18. The minimum atomic E-state index is -0.341. The Morgan fingerprint density at radius 3 is 1.28 bits per heavy atom. The summed E-state index contributed by atoms with van der Waals surface area (Å²) in [6.07, 6.45) is 4.60. The summed E-state index contributed by atoms with van der Waals surface area (Å²) in [7, 11) is 7.42. The topological polar surface area (TPSA) is 344 Å². The number of pyridine rings is 2. The van der Waals surface area contributed by atoms with Gasteiger partial charge in [0.2, 0.25) is 23.7 Å². The summed E-state index contributed by atoms with van der Waals surface area (Å²) in [5.41, 5.74) is 22.3. The number of thioether (sulfide) groups is 2. The van der Waals surface area contributed by atoms with Gasteiger partial charge in [-0.2, -0.15) is 9.98 Å². The fraction of sp³-hybridized carbons (Fsp3) is 0.318. The predicted molar refractivity (Wildman–Crippen MR) is 271 cm³/mol. The number of benzene rings is 2. The lowest BCUT2D eigenvalue weighted by molar-refractivity contribution is -0.119. The van der Waals surface area contributed by atoms with Gasteiger partial charge in [0.15, 0.2) is 0 Å². The minimum absolute atomic E-state index is 0.215. The van der Waals surface area contributed by atoms with E-state index in [1.165, 1.54) is 0 Å². The van der Waals surface area contributed by atoms with E-state index < -0.39 is 0 Å². The molecule has 4 amide bonds. The normalized spacial score (nSPS) is 15.2. The highest BCUT2D eigenvalue weighted by atomic mass is 32.2. The molecule has 2 aliphatic rings. The largest absolute Gasteiger partial charge is 0.492 e. The molecule has 2 unspecified atom stereocenters. The van der Waals surface area contributed by atoms with Crippen LogP contribution in [0.15, 0.2) is 107 Å². The summed E-state index contributed by atoms with van der Waals surface area (Å²) in [6, 6.07) is 26.8. The van der Waals surface area contributed by atoms with Crippen molar-refractivity contribution < 1.29 is 28.7 Å². The number of nitrogens with two attached hydrogens (primary N) is 4. The highest BCUT2D eigenvalue weighted by molar-refractivity contribution is 8.15. The Balaban J connectivity index is 0.000000267. The van der Waals surface area contributed by atoms with Crippen LogP contribution in [0.4, 0.5) is 21.2 Å². The molecule has 0 saturated carbocycles. The van der Waals surface area contributed by atoms with Crippen molar-refractivity contribution in [2.45, 2.75) is 23.3 Å². The lowest BCUT2D eigenvalue weighted by atomic mass is 10.1. The second-order valence-electron chi connectivity index (χ2n) is 14.4. The first-order valence-electron chi connectivity index (χ1n) is 20.9. The van der Waals surface area contributed by atoms with Crippen molar-refractivity contribution in [1.82, 2.24) is 31.2 Å². The molecule has 4 aromatic rings. The number of nitrogens with one attached hydrogen (secondary N) is 6. The van der Waals surface area contributed by atoms with E-state index in [9.17, 15) is 19.2 Å². The van der Waals surface area contributed by atoms with E-state index in [4.69, 9.17) is 43.2 Å². The van der Waals surface area contributed by atoms with E-state index in [1.54, 1.807) is 26.5 Å². The molecule has 2 fully saturated rings. The summed E-state index contributed by atoms with van der Waals surface area (Å²) in [5.74, 6) is 3.06. The molecule has 0 aliphatic carbocycles. The maximum atomic E-state index is 11.6. The molecule has 24 heteroatoms. The average Bonchev–Trinajstić information content (AvgIpc) is 3.80. The summed E-state index contributed by atoms with van der Waals surface area (Å²) in [4.78, 5) is 65.1. The summed E-state index contributed by atoms with van der Waals surface area (Å²) in [5, 5.41) is 22.3. The van der Waals surface area contributed by atoms with E-state index in [-0.39, 0.29) is 44.7 Å². The van der Waals surface area contributed by atoms with Gasteiger partial charge in [-0.3, -0.25) is 40.6 Å². The van der Waals surface area contributed by atoms with Crippen LogP contribution in [0, 0.1) is 10.8 Å². The second-order valence-corrected chi connectivity index (χ2v) is 16.8. The minimum Gasteiger partial charge on any atom is -0.492 e. The van der Waals surface area contributed by atoms with Crippen LogP contribution >= 0.6 is 23.5 Å². The molecule has 6 rings (SSSR count). The van der Waals surface area contributed by atoms with Gasteiger partial charge in [-0.05, 0) is 86.6 Å². The molecule has 2 saturated heterocycles. The number of hydrogen-bond donors (Lipinski definition) is 10. The molecule has 14 N–H and O–H groups in total. The Kier molecular flexibility index (Phi) is 24.4. The van der Waals surface area contributed by atoms with Gasteiger partial charge in [0.25, 0.3) is 10.5 Å².